The zero-order chi connectivity index (χ0) is 86.2. The topological polar surface area (TPSA) is 324 Å². The van der Waals surface area contributed by atoms with E-state index in [1.807, 2.05) is 159 Å². The smallest absolute Gasteiger partial charge is 1.00 e. The number of alkyl halides is 1. The zero-order valence-corrected chi connectivity index (χ0v) is 74.1. The molecule has 0 radical (unpaired) electrons. The van der Waals surface area contributed by atoms with Gasteiger partial charge >= 0.3 is 53.4 Å². The van der Waals surface area contributed by atoms with Crippen LogP contribution in [0.3, 0.4) is 0 Å². The van der Waals surface area contributed by atoms with Crippen LogP contribution in [0.2, 0.25) is 0 Å². The first-order chi connectivity index (χ1) is 55.3. The van der Waals surface area contributed by atoms with E-state index in [2.05, 4.69) is 97.0 Å². The fraction of sp³-hybridized carbons (Fsp3) is 0.330. The predicted octanol–water partition coefficient (Wildman–Crippen LogP) is 11.5. The number of aliphatic hydroxyl groups is 1. The van der Waals surface area contributed by atoms with Crippen LogP contribution in [-0.2, 0) is 69.2 Å². The molecule has 0 saturated carbocycles. The molecule has 0 bridgehead atoms. The predicted molar refractivity (Wildman–Crippen MR) is 462 cm³/mol. The second-order valence-corrected chi connectivity index (χ2v) is 29.1. The molecule has 8 aromatic rings. The number of carboxylic acids is 1. The van der Waals surface area contributed by atoms with Crippen LogP contribution in [-0.4, -0.2) is 126 Å². The van der Waals surface area contributed by atoms with Gasteiger partial charge in [0.2, 0.25) is 0 Å². The van der Waals surface area contributed by atoms with Crippen molar-refractivity contribution in [3.63, 3.8) is 0 Å². The van der Waals surface area contributed by atoms with Crippen LogP contribution in [0.25, 0.3) is 0 Å². The molecule has 0 aliphatic heterocycles. The van der Waals surface area contributed by atoms with Crippen LogP contribution in [0.5, 0.6) is 0 Å². The number of amides is 3. The summed E-state index contributed by atoms with van der Waals surface area (Å²) in [6.07, 6.45) is 1.58. The summed E-state index contributed by atoms with van der Waals surface area (Å²) in [7, 11) is 4.03. The van der Waals surface area contributed by atoms with Gasteiger partial charge in [-0.1, -0.05) is 167 Å². The number of carbonyl (C=O) groups excluding carboxylic acids is 6. The van der Waals surface area contributed by atoms with Gasteiger partial charge in [0, 0.05) is 81.0 Å². The number of methoxy groups -OCH3 is 3. The second kappa shape index (κ2) is 55.4. The molecule has 0 aliphatic carbocycles. The third-order valence-corrected chi connectivity index (χ3v) is 17.6. The van der Waals surface area contributed by atoms with Crippen molar-refractivity contribution >= 4 is 64.2 Å². The molecule has 3 amide bonds. The molecular weight excluding hydrogens is 1600 g/mol. The van der Waals surface area contributed by atoms with Gasteiger partial charge in [0.05, 0.1) is 58.9 Å². The fourth-order valence-corrected chi connectivity index (χ4v) is 9.54. The summed E-state index contributed by atoms with van der Waals surface area (Å²) in [5.41, 5.74) is 23.9. The summed E-state index contributed by atoms with van der Waals surface area (Å²) in [6.45, 7) is 26.8. The van der Waals surface area contributed by atoms with Crippen molar-refractivity contribution in [1.82, 2.24) is 16.1 Å². The Morgan fingerprint density at radius 2 is 0.684 bits per heavy atom. The average Bonchev–Trinajstić information content (AvgIpc) is 0.831. The van der Waals surface area contributed by atoms with Gasteiger partial charge in [0.25, 0.3) is 17.7 Å². The quantitative estimate of drug-likeness (QED) is 0.00407. The molecule has 0 unspecified atom stereocenters. The molecule has 0 spiro atoms. The van der Waals surface area contributed by atoms with E-state index in [9.17, 15) is 33.6 Å². The summed E-state index contributed by atoms with van der Waals surface area (Å²) >= 11 is 2.29. The standard InChI is InChI=1S/C26H31NO4.C23H27N3O4.C18H16O3.C17H14O3.C8H17NO2.C2H5I.Na.H/c1-6-26(3,4)23(25(29)30-5)27-24(28)22-16-14-20(15-17-22)9-8-19-10-12-21(13-11-19)18-31-7-2;1-4-30-15-18-9-7-16(8-10-18)5-6-17-11-13-19(14-12-17)21(27)25-20(22(28)26-29)23(2,3)24;1-2-21-13-16-7-5-14(6-8-16)3-4-15-9-11-17(12-10-15)18(19)20;1-20-17(19)16-10-8-14(9-11-16)3-2-13-4-6-15(12-18)7-5-13;1-5-8(2,3)6(9)7(10)11-4;1-2-3;;/h10-17,23H,6-7,18H2,1-5H3,(H,27,28);7-14,20,29H,4,15,24H2,1-3H3,(H,25,27)(H,26,28);5-12H,2,13H2,1H3,(H,19,20);4-11,18H,12H2,1H3;6H,5,9H2,1-4H3;2H2,1H3;;/q;;;;;;+1;-1/t23-;20-;;;6-;;;/m11..1.../s1. The van der Waals surface area contributed by atoms with Crippen LogP contribution in [0.15, 0.2) is 194 Å². The summed E-state index contributed by atoms with van der Waals surface area (Å²) in [5.74, 6) is 20.8. The summed E-state index contributed by atoms with van der Waals surface area (Å²) in [5, 5.41) is 32.0. The van der Waals surface area contributed by atoms with Crippen molar-refractivity contribution in [2.75, 3.05) is 45.6 Å². The molecule has 0 saturated heterocycles. The number of aromatic carboxylic acids is 1. The van der Waals surface area contributed by atoms with E-state index in [-0.39, 0.29) is 66.4 Å². The van der Waals surface area contributed by atoms with Crippen molar-refractivity contribution < 1.29 is 108 Å². The number of nitrogens with two attached hydrogens (primary N) is 2. The van der Waals surface area contributed by atoms with Gasteiger partial charge in [0.15, 0.2) is 0 Å². The van der Waals surface area contributed by atoms with Crippen LogP contribution >= 0.6 is 22.6 Å². The SMILES string of the molecule is CCC(C)(C)[C@H](N)C(=O)OC.CCI.CCOCc1ccc(C#Cc2ccc(C(=O)N[C@H](C(=O)NO)C(C)(C)N)cc2)cc1.CCOCc1ccc(C#Cc2ccc(C(=O)N[C@H](C(=O)OC)C(C)(C)CC)cc2)cc1.CCOCc1ccc(C#Cc2ccc(C(=O)O)cc2)cc1.COC(=O)c1ccc(C#Cc2ccc(CO)cc2)cc1.[H-].[Na+]. The molecule has 3 atom stereocenters. The fourth-order valence-electron chi connectivity index (χ4n) is 9.54. The van der Waals surface area contributed by atoms with Crippen molar-refractivity contribution in [2.24, 2.45) is 22.3 Å². The Hall–Kier alpha value is -10.3. The van der Waals surface area contributed by atoms with Crippen molar-refractivity contribution in [2.45, 2.75) is 146 Å². The second-order valence-electron chi connectivity index (χ2n) is 27.5. The van der Waals surface area contributed by atoms with E-state index in [4.69, 9.17) is 45.8 Å². The van der Waals surface area contributed by atoms with E-state index in [1.54, 1.807) is 111 Å². The number of esters is 3. The number of aliphatic hydroxyl groups excluding tert-OH is 1. The van der Waals surface area contributed by atoms with Crippen LogP contribution < -0.4 is 57.1 Å². The Bertz CT molecular complexity index is 4650. The third-order valence-electron chi connectivity index (χ3n) is 17.6. The van der Waals surface area contributed by atoms with Gasteiger partial charge in [-0.3, -0.25) is 24.4 Å². The number of halogens is 1. The first-order valence-electron chi connectivity index (χ1n) is 37.6. The summed E-state index contributed by atoms with van der Waals surface area (Å²) in [6, 6.07) is 55.8. The normalized spacial score (nSPS) is 11.0. The number of carbonyl (C=O) groups is 7. The summed E-state index contributed by atoms with van der Waals surface area (Å²) in [4.78, 5) is 82.1. The van der Waals surface area contributed by atoms with Gasteiger partial charge in [-0.15, -0.1) is 0 Å². The third kappa shape index (κ3) is 38.6. The Morgan fingerprint density at radius 3 is 0.923 bits per heavy atom. The Labute approximate surface area is 727 Å². The van der Waals surface area contributed by atoms with Gasteiger partial charge in [-0.25, -0.2) is 19.9 Å². The number of hydroxylamine groups is 1. The van der Waals surface area contributed by atoms with Crippen molar-refractivity contribution in [1.29, 1.82) is 0 Å². The molecular formula is C94H111IN5NaO16. The number of rotatable bonds is 24. The summed E-state index contributed by atoms with van der Waals surface area (Å²) < 4.78 is 31.4. The Morgan fingerprint density at radius 1 is 0.419 bits per heavy atom. The van der Waals surface area contributed by atoms with E-state index >= 15 is 0 Å². The van der Waals surface area contributed by atoms with Crippen molar-refractivity contribution in [3.05, 3.63) is 283 Å². The number of ether oxygens (including phenoxy) is 6. The minimum Gasteiger partial charge on any atom is -1.00 e. The van der Waals surface area contributed by atoms with E-state index in [1.165, 1.54) is 31.2 Å². The average molecular weight is 1720 g/mol. The molecule has 10 N–H and O–H groups in total. The molecule has 0 fully saturated rings. The van der Waals surface area contributed by atoms with Crippen LogP contribution in [0, 0.1) is 58.2 Å². The van der Waals surface area contributed by atoms with Crippen LogP contribution in [0.4, 0.5) is 0 Å². The maximum absolute atomic E-state index is 12.7. The van der Waals surface area contributed by atoms with Crippen LogP contribution in [0.1, 0.15) is 206 Å². The minimum atomic E-state index is -1.10. The molecule has 0 aliphatic rings. The molecule has 23 heteroatoms. The van der Waals surface area contributed by atoms with E-state index < -0.39 is 52.8 Å². The molecule has 8 aromatic carbocycles. The molecule has 0 aromatic heterocycles. The first kappa shape index (κ1) is 103. The minimum absolute atomic E-state index is 0. The number of hydrogen-bond donors (Lipinski definition) is 8. The van der Waals surface area contributed by atoms with Gasteiger partial charge < -0.3 is 62.2 Å². The molecule has 117 heavy (non-hydrogen) atoms. The number of hydrogen-bond acceptors (Lipinski definition) is 17. The van der Waals surface area contributed by atoms with Gasteiger partial charge in [-0.2, -0.15) is 0 Å². The first-order valence-corrected chi connectivity index (χ1v) is 39.2. The Kier molecular flexibility index (Phi) is 48.7. The molecule has 0 heterocycles. The number of benzene rings is 8. The maximum Gasteiger partial charge on any atom is 1.00 e. The maximum atomic E-state index is 12.7. The van der Waals surface area contributed by atoms with Gasteiger partial charge in [0.1, 0.15) is 18.1 Å². The number of nitrogens with one attached hydrogen (secondary N) is 3. The van der Waals surface area contributed by atoms with E-state index in [0.717, 1.165) is 73.2 Å². The molecule has 616 valence electrons. The van der Waals surface area contributed by atoms with E-state index in [0.29, 0.717) is 62.8 Å². The number of carboxylic acid groups (broad SMARTS) is 1. The largest absolute Gasteiger partial charge is 1.00 e. The molecule has 8 rings (SSSR count). The van der Waals surface area contributed by atoms with Gasteiger partial charge in [-0.05, 0) is 231 Å². The molecule has 21 nitrogen and oxygen atoms in total. The monoisotopic (exact) mass is 1720 g/mol. The zero-order valence-electron chi connectivity index (χ0n) is 71.0. The Balaban J connectivity index is 0.000000750. The van der Waals surface area contributed by atoms with Crippen molar-refractivity contribution in [3.8, 4) is 47.4 Å².